The van der Waals surface area contributed by atoms with Crippen LogP contribution in [-0.4, -0.2) is 30.7 Å². The van der Waals surface area contributed by atoms with Crippen LogP contribution in [0.15, 0.2) is 29.7 Å². The van der Waals surface area contributed by atoms with Gasteiger partial charge in [-0.15, -0.1) is 10.2 Å². The number of rotatable bonds is 5. The number of nitrogens with two attached hydrogens (primary N) is 1. The van der Waals surface area contributed by atoms with Crippen LogP contribution in [0.2, 0.25) is 0 Å². The number of nitrogens with zero attached hydrogens (tertiary/aromatic N) is 5. The molecular weight excluding hydrogens is 284 g/mol. The maximum absolute atomic E-state index is 5.63. The molecule has 3 aromatic rings. The third-order valence-electron chi connectivity index (χ3n) is 3.33. The summed E-state index contributed by atoms with van der Waals surface area (Å²) in [5, 5.41) is 9.22. The van der Waals surface area contributed by atoms with Crippen molar-refractivity contribution in [3.05, 3.63) is 41.6 Å². The molecule has 0 bridgehead atoms. The van der Waals surface area contributed by atoms with E-state index < -0.39 is 0 Å². The van der Waals surface area contributed by atoms with Crippen LogP contribution in [0.25, 0.3) is 5.65 Å². The van der Waals surface area contributed by atoms with Gasteiger partial charge in [-0.05, 0) is 25.5 Å². The van der Waals surface area contributed by atoms with E-state index in [9.17, 15) is 0 Å². The molecule has 0 spiro atoms. The number of pyridine rings is 1. The largest absolute Gasteiger partial charge is 0.329 e. The zero-order valence-corrected chi connectivity index (χ0v) is 13.0. The molecule has 0 aliphatic carbocycles. The molecule has 0 unspecified atom stereocenters. The standard InChI is InChI=1S/C14H18N6S/c1-10-4-3-6-19-8-12(16-13(10)19)9-21-14-18-17-11(2)20(14)7-5-15/h3-4,6,8H,5,7,9,15H2,1-2H3. The Morgan fingerprint density at radius 2 is 2.14 bits per heavy atom. The first-order chi connectivity index (χ1) is 10.2. The zero-order chi connectivity index (χ0) is 14.8. The van der Waals surface area contributed by atoms with E-state index in [1.807, 2.05) is 23.8 Å². The lowest BCUT2D eigenvalue weighted by Crippen LogP contribution is -2.12. The summed E-state index contributed by atoms with van der Waals surface area (Å²) >= 11 is 1.64. The normalized spacial score (nSPS) is 11.4. The molecule has 0 saturated carbocycles. The summed E-state index contributed by atoms with van der Waals surface area (Å²) in [4.78, 5) is 4.67. The van der Waals surface area contributed by atoms with Gasteiger partial charge in [0.25, 0.3) is 0 Å². The third kappa shape index (κ3) is 2.79. The van der Waals surface area contributed by atoms with Crippen molar-refractivity contribution in [2.75, 3.05) is 6.54 Å². The van der Waals surface area contributed by atoms with Crippen molar-refractivity contribution in [1.29, 1.82) is 0 Å². The summed E-state index contributed by atoms with van der Waals surface area (Å²) in [5.74, 6) is 1.66. The van der Waals surface area contributed by atoms with Gasteiger partial charge in [-0.2, -0.15) is 0 Å². The smallest absolute Gasteiger partial charge is 0.191 e. The Morgan fingerprint density at radius 1 is 1.29 bits per heavy atom. The average Bonchev–Trinajstić information content (AvgIpc) is 3.03. The van der Waals surface area contributed by atoms with E-state index in [-0.39, 0.29) is 0 Å². The number of aromatic nitrogens is 5. The third-order valence-corrected chi connectivity index (χ3v) is 4.33. The lowest BCUT2D eigenvalue weighted by Gasteiger charge is -2.05. The van der Waals surface area contributed by atoms with Crippen molar-refractivity contribution >= 4 is 17.4 Å². The highest BCUT2D eigenvalue weighted by atomic mass is 32.2. The molecule has 0 aliphatic rings. The molecule has 0 fully saturated rings. The molecule has 2 N–H and O–H groups in total. The van der Waals surface area contributed by atoms with Gasteiger partial charge in [-0.3, -0.25) is 0 Å². The molecule has 110 valence electrons. The van der Waals surface area contributed by atoms with Gasteiger partial charge in [-0.1, -0.05) is 17.8 Å². The van der Waals surface area contributed by atoms with E-state index >= 15 is 0 Å². The van der Waals surface area contributed by atoms with E-state index in [1.165, 1.54) is 5.56 Å². The highest BCUT2D eigenvalue weighted by Crippen LogP contribution is 2.22. The van der Waals surface area contributed by atoms with E-state index in [1.54, 1.807) is 11.8 Å². The average molecular weight is 302 g/mol. The van der Waals surface area contributed by atoms with Crippen molar-refractivity contribution in [3.8, 4) is 0 Å². The van der Waals surface area contributed by atoms with Gasteiger partial charge in [-0.25, -0.2) is 4.98 Å². The Hall–Kier alpha value is -1.86. The first kappa shape index (κ1) is 14.1. The van der Waals surface area contributed by atoms with Gasteiger partial charge >= 0.3 is 0 Å². The maximum atomic E-state index is 5.63. The Bertz CT molecular complexity index is 760. The fourth-order valence-corrected chi connectivity index (χ4v) is 3.16. The molecule has 3 aromatic heterocycles. The van der Waals surface area contributed by atoms with Crippen LogP contribution in [0.5, 0.6) is 0 Å². The second kappa shape index (κ2) is 5.87. The number of hydrogen-bond acceptors (Lipinski definition) is 5. The summed E-state index contributed by atoms with van der Waals surface area (Å²) < 4.78 is 4.10. The van der Waals surface area contributed by atoms with Crippen LogP contribution >= 0.6 is 11.8 Å². The van der Waals surface area contributed by atoms with Gasteiger partial charge in [0.15, 0.2) is 5.16 Å². The number of hydrogen-bond donors (Lipinski definition) is 1. The molecule has 0 aromatic carbocycles. The predicted molar refractivity (Wildman–Crippen MR) is 83.3 cm³/mol. The maximum Gasteiger partial charge on any atom is 0.191 e. The van der Waals surface area contributed by atoms with Gasteiger partial charge in [0.1, 0.15) is 11.5 Å². The molecule has 0 aliphatic heterocycles. The highest BCUT2D eigenvalue weighted by Gasteiger charge is 2.10. The SMILES string of the molecule is Cc1cccn2cc(CSc3nnc(C)n3CCN)nc12. The Balaban J connectivity index is 1.79. The number of imidazole rings is 1. The van der Waals surface area contributed by atoms with Crippen molar-refractivity contribution in [2.45, 2.75) is 31.3 Å². The van der Waals surface area contributed by atoms with E-state index in [2.05, 4.69) is 38.8 Å². The number of thioether (sulfide) groups is 1. The van der Waals surface area contributed by atoms with Crippen LogP contribution in [0, 0.1) is 13.8 Å². The van der Waals surface area contributed by atoms with Crippen LogP contribution in [-0.2, 0) is 12.3 Å². The topological polar surface area (TPSA) is 74.0 Å². The molecule has 3 heterocycles. The van der Waals surface area contributed by atoms with Crippen LogP contribution < -0.4 is 5.73 Å². The summed E-state index contributed by atoms with van der Waals surface area (Å²) in [5.41, 5.74) is 8.85. The first-order valence-corrected chi connectivity index (χ1v) is 7.83. The second-order valence-corrected chi connectivity index (χ2v) is 5.86. The minimum absolute atomic E-state index is 0.583. The van der Waals surface area contributed by atoms with E-state index in [4.69, 9.17) is 5.73 Å². The van der Waals surface area contributed by atoms with Crippen molar-refractivity contribution in [2.24, 2.45) is 5.73 Å². The van der Waals surface area contributed by atoms with Gasteiger partial charge < -0.3 is 14.7 Å². The molecule has 0 atom stereocenters. The van der Waals surface area contributed by atoms with E-state index in [0.717, 1.165) is 34.6 Å². The molecule has 0 radical (unpaired) electrons. The Labute approximate surface area is 127 Å². The predicted octanol–water partition coefficient (Wildman–Crippen LogP) is 1.79. The first-order valence-electron chi connectivity index (χ1n) is 6.85. The molecule has 3 rings (SSSR count). The van der Waals surface area contributed by atoms with Crippen LogP contribution in [0.3, 0.4) is 0 Å². The number of aryl methyl sites for hydroxylation is 2. The monoisotopic (exact) mass is 302 g/mol. The minimum atomic E-state index is 0.583. The van der Waals surface area contributed by atoms with Gasteiger partial charge in [0, 0.05) is 31.2 Å². The fourth-order valence-electron chi connectivity index (χ4n) is 2.27. The Morgan fingerprint density at radius 3 is 2.90 bits per heavy atom. The van der Waals surface area contributed by atoms with E-state index in [0.29, 0.717) is 6.54 Å². The van der Waals surface area contributed by atoms with Crippen molar-refractivity contribution < 1.29 is 0 Å². The molecule has 21 heavy (non-hydrogen) atoms. The second-order valence-electron chi connectivity index (χ2n) is 4.91. The van der Waals surface area contributed by atoms with Gasteiger partial charge in [0.05, 0.1) is 5.69 Å². The van der Waals surface area contributed by atoms with Crippen LogP contribution in [0.1, 0.15) is 17.1 Å². The summed E-state index contributed by atoms with van der Waals surface area (Å²) in [6.07, 6.45) is 4.08. The summed E-state index contributed by atoms with van der Waals surface area (Å²) in [6.45, 7) is 5.34. The lowest BCUT2D eigenvalue weighted by molar-refractivity contribution is 0.627. The van der Waals surface area contributed by atoms with Gasteiger partial charge in [0.2, 0.25) is 0 Å². The lowest BCUT2D eigenvalue weighted by atomic mass is 10.3. The quantitative estimate of drug-likeness (QED) is 0.727. The van der Waals surface area contributed by atoms with Crippen molar-refractivity contribution in [1.82, 2.24) is 24.1 Å². The minimum Gasteiger partial charge on any atom is -0.329 e. The van der Waals surface area contributed by atoms with Crippen LogP contribution in [0.4, 0.5) is 0 Å². The fraction of sp³-hybridized carbons (Fsp3) is 0.357. The molecule has 0 saturated heterocycles. The Kier molecular flexibility index (Phi) is 3.94. The number of fused-ring (bicyclic) bond motifs is 1. The molecule has 6 nitrogen and oxygen atoms in total. The highest BCUT2D eigenvalue weighted by molar-refractivity contribution is 7.98. The molecular formula is C14H18N6S. The molecule has 0 amide bonds. The molecule has 7 heteroatoms. The summed E-state index contributed by atoms with van der Waals surface area (Å²) in [6, 6.07) is 4.10. The van der Waals surface area contributed by atoms with Crippen molar-refractivity contribution in [3.63, 3.8) is 0 Å². The summed E-state index contributed by atoms with van der Waals surface area (Å²) in [7, 11) is 0. The zero-order valence-electron chi connectivity index (χ0n) is 12.2.